The topological polar surface area (TPSA) is 49.4 Å². The van der Waals surface area contributed by atoms with Crippen molar-refractivity contribution in [2.45, 2.75) is 43.4 Å². The third-order valence-electron chi connectivity index (χ3n) is 3.72. The SMILES string of the molecule is CNCc1scc(C)c1S(=O)(=O)N1CCSC(C)(C)CC1. The van der Waals surface area contributed by atoms with Gasteiger partial charge in [-0.25, -0.2) is 8.42 Å². The van der Waals surface area contributed by atoms with Crippen LogP contribution in [-0.4, -0.2) is 43.4 Å². The van der Waals surface area contributed by atoms with Crippen molar-refractivity contribution in [3.63, 3.8) is 0 Å². The van der Waals surface area contributed by atoms with E-state index in [2.05, 4.69) is 19.2 Å². The van der Waals surface area contributed by atoms with Crippen molar-refractivity contribution < 1.29 is 8.42 Å². The number of nitrogens with zero attached hydrogens (tertiary/aromatic N) is 1. The van der Waals surface area contributed by atoms with E-state index in [1.807, 2.05) is 31.1 Å². The molecule has 0 amide bonds. The molecule has 1 saturated heterocycles. The van der Waals surface area contributed by atoms with E-state index in [9.17, 15) is 8.42 Å². The smallest absolute Gasteiger partial charge is 0.244 e. The molecule has 2 rings (SSSR count). The molecule has 1 aromatic rings. The molecule has 7 heteroatoms. The standard InChI is InChI=1S/C14H24N2O2S3/c1-11-10-19-12(9-15-4)13(11)21(17,18)16-6-5-14(2,3)20-8-7-16/h10,15H,5-9H2,1-4H3. The summed E-state index contributed by atoms with van der Waals surface area (Å²) in [6.45, 7) is 8.08. The van der Waals surface area contributed by atoms with Gasteiger partial charge in [-0.3, -0.25) is 0 Å². The summed E-state index contributed by atoms with van der Waals surface area (Å²) in [5.74, 6) is 0.858. The van der Waals surface area contributed by atoms with Gasteiger partial charge in [-0.05, 0) is 31.3 Å². The number of aryl methyl sites for hydroxylation is 1. The Balaban J connectivity index is 2.32. The fourth-order valence-corrected chi connectivity index (χ4v) is 6.92. The largest absolute Gasteiger partial charge is 0.315 e. The molecular formula is C14H24N2O2S3. The molecule has 0 atom stereocenters. The van der Waals surface area contributed by atoms with Gasteiger partial charge in [0, 0.05) is 35.0 Å². The maximum atomic E-state index is 13.0. The van der Waals surface area contributed by atoms with Crippen LogP contribution in [0.3, 0.4) is 0 Å². The van der Waals surface area contributed by atoms with Gasteiger partial charge >= 0.3 is 0 Å². The van der Waals surface area contributed by atoms with Crippen LogP contribution < -0.4 is 5.32 Å². The lowest BCUT2D eigenvalue weighted by molar-refractivity contribution is 0.415. The third kappa shape index (κ3) is 3.82. The predicted octanol–water partition coefficient (Wildman–Crippen LogP) is 2.68. The molecule has 0 unspecified atom stereocenters. The lowest BCUT2D eigenvalue weighted by atomic mass is 10.1. The van der Waals surface area contributed by atoms with Crippen LogP contribution in [0.15, 0.2) is 10.3 Å². The highest BCUT2D eigenvalue weighted by atomic mass is 32.2. The first-order valence-corrected chi connectivity index (χ1v) is 10.4. The van der Waals surface area contributed by atoms with Gasteiger partial charge < -0.3 is 5.32 Å². The number of thiophene rings is 1. The Labute approximate surface area is 136 Å². The minimum absolute atomic E-state index is 0.155. The summed E-state index contributed by atoms with van der Waals surface area (Å²) < 4.78 is 27.9. The maximum absolute atomic E-state index is 13.0. The van der Waals surface area contributed by atoms with Crippen LogP contribution in [0, 0.1) is 6.92 Å². The molecule has 1 fully saturated rings. The third-order valence-corrected chi connectivity index (χ3v) is 8.46. The van der Waals surface area contributed by atoms with E-state index in [1.54, 1.807) is 4.31 Å². The van der Waals surface area contributed by atoms with E-state index in [0.717, 1.165) is 22.6 Å². The Hall–Kier alpha value is -0.0800. The molecule has 4 nitrogen and oxygen atoms in total. The predicted molar refractivity (Wildman–Crippen MR) is 91.7 cm³/mol. The number of nitrogens with one attached hydrogen (secondary N) is 1. The van der Waals surface area contributed by atoms with E-state index < -0.39 is 10.0 Å². The van der Waals surface area contributed by atoms with E-state index in [-0.39, 0.29) is 4.75 Å². The van der Waals surface area contributed by atoms with Crippen LogP contribution in [0.25, 0.3) is 0 Å². The first-order valence-electron chi connectivity index (χ1n) is 7.13. The summed E-state index contributed by atoms with van der Waals surface area (Å²) in [5, 5.41) is 5.00. The van der Waals surface area contributed by atoms with Gasteiger partial charge in [0.15, 0.2) is 0 Å². The summed E-state index contributed by atoms with van der Waals surface area (Å²) in [6, 6.07) is 0. The summed E-state index contributed by atoms with van der Waals surface area (Å²) >= 11 is 3.38. The molecule has 0 bridgehead atoms. The van der Waals surface area contributed by atoms with Crippen LogP contribution >= 0.6 is 23.1 Å². The average molecular weight is 349 g/mol. The van der Waals surface area contributed by atoms with Crippen LogP contribution in [0.1, 0.15) is 30.7 Å². The van der Waals surface area contributed by atoms with Crippen molar-refractivity contribution in [1.29, 1.82) is 0 Å². The van der Waals surface area contributed by atoms with E-state index in [0.29, 0.717) is 24.5 Å². The van der Waals surface area contributed by atoms with E-state index in [4.69, 9.17) is 0 Å². The fourth-order valence-electron chi connectivity index (χ4n) is 2.49. The zero-order chi connectivity index (χ0) is 15.7. The monoisotopic (exact) mass is 348 g/mol. The Morgan fingerprint density at radius 1 is 1.38 bits per heavy atom. The van der Waals surface area contributed by atoms with Crippen molar-refractivity contribution in [3.05, 3.63) is 15.8 Å². The van der Waals surface area contributed by atoms with Crippen molar-refractivity contribution in [1.82, 2.24) is 9.62 Å². The number of thioether (sulfide) groups is 1. The molecule has 0 radical (unpaired) electrons. The molecule has 0 saturated carbocycles. The van der Waals surface area contributed by atoms with Crippen LogP contribution in [0.2, 0.25) is 0 Å². The minimum Gasteiger partial charge on any atom is -0.315 e. The van der Waals surface area contributed by atoms with Gasteiger partial charge in [0.1, 0.15) is 4.90 Å². The second-order valence-corrected chi connectivity index (χ2v) is 10.6. The molecule has 120 valence electrons. The highest BCUT2D eigenvalue weighted by Crippen LogP contribution is 2.35. The van der Waals surface area contributed by atoms with Crippen LogP contribution in [0.5, 0.6) is 0 Å². The van der Waals surface area contributed by atoms with Gasteiger partial charge in [0.2, 0.25) is 10.0 Å². The number of sulfonamides is 1. The van der Waals surface area contributed by atoms with Gasteiger partial charge in [-0.1, -0.05) is 13.8 Å². The van der Waals surface area contributed by atoms with Crippen LogP contribution in [-0.2, 0) is 16.6 Å². The van der Waals surface area contributed by atoms with Gasteiger partial charge in [0.25, 0.3) is 0 Å². The van der Waals surface area contributed by atoms with Gasteiger partial charge in [-0.15, -0.1) is 11.3 Å². The van der Waals surface area contributed by atoms with Gasteiger partial charge in [-0.2, -0.15) is 16.1 Å². The summed E-state index contributed by atoms with van der Waals surface area (Å²) in [5.41, 5.74) is 0.862. The lowest BCUT2D eigenvalue weighted by Crippen LogP contribution is -2.34. The summed E-state index contributed by atoms with van der Waals surface area (Å²) in [7, 11) is -1.54. The maximum Gasteiger partial charge on any atom is 0.244 e. The first kappa shape index (κ1) is 17.3. The van der Waals surface area contributed by atoms with Gasteiger partial charge in [0.05, 0.1) is 0 Å². The zero-order valence-corrected chi connectivity index (χ0v) is 15.6. The van der Waals surface area contributed by atoms with Crippen molar-refractivity contribution in [3.8, 4) is 0 Å². The van der Waals surface area contributed by atoms with E-state index >= 15 is 0 Å². The Morgan fingerprint density at radius 2 is 2.10 bits per heavy atom. The fraction of sp³-hybridized carbons (Fsp3) is 0.714. The van der Waals surface area contributed by atoms with Crippen LogP contribution in [0.4, 0.5) is 0 Å². The molecule has 1 aliphatic heterocycles. The first-order chi connectivity index (χ1) is 9.78. The molecule has 0 aliphatic carbocycles. The average Bonchev–Trinajstić information content (AvgIpc) is 2.64. The summed E-state index contributed by atoms with van der Waals surface area (Å²) in [6.07, 6.45) is 0.890. The normalized spacial score (nSPS) is 20.4. The molecule has 21 heavy (non-hydrogen) atoms. The molecule has 1 aliphatic rings. The van der Waals surface area contributed by atoms with Crippen molar-refractivity contribution in [2.75, 3.05) is 25.9 Å². The minimum atomic E-state index is -3.39. The molecule has 2 heterocycles. The Kier molecular flexibility index (Phi) is 5.41. The molecule has 1 aromatic heterocycles. The number of hydrogen-bond acceptors (Lipinski definition) is 5. The second kappa shape index (κ2) is 6.58. The summed E-state index contributed by atoms with van der Waals surface area (Å²) in [4.78, 5) is 1.43. The molecule has 0 aromatic carbocycles. The number of rotatable bonds is 4. The highest BCUT2D eigenvalue weighted by Gasteiger charge is 2.33. The Morgan fingerprint density at radius 3 is 2.76 bits per heavy atom. The van der Waals surface area contributed by atoms with Crippen molar-refractivity contribution in [2.24, 2.45) is 0 Å². The Bertz CT molecular complexity index is 593. The molecular weight excluding hydrogens is 324 g/mol. The second-order valence-electron chi connectivity index (χ2n) is 5.96. The van der Waals surface area contributed by atoms with E-state index in [1.165, 1.54) is 11.3 Å². The highest BCUT2D eigenvalue weighted by molar-refractivity contribution is 8.00. The number of hydrogen-bond donors (Lipinski definition) is 1. The van der Waals surface area contributed by atoms with Crippen molar-refractivity contribution >= 4 is 33.1 Å². The molecule has 1 N–H and O–H groups in total. The lowest BCUT2D eigenvalue weighted by Gasteiger charge is -2.23. The molecule has 0 spiro atoms. The zero-order valence-electron chi connectivity index (χ0n) is 13.1. The quantitative estimate of drug-likeness (QED) is 0.909.